The van der Waals surface area contributed by atoms with E-state index in [9.17, 15) is 14.7 Å². The van der Waals surface area contributed by atoms with Crippen molar-refractivity contribution in [1.82, 2.24) is 9.78 Å². The van der Waals surface area contributed by atoms with E-state index in [2.05, 4.69) is 20.9 Å². The highest BCUT2D eigenvalue weighted by molar-refractivity contribution is 5.77. The molecule has 0 aliphatic carbocycles. The van der Waals surface area contributed by atoms with Gasteiger partial charge in [0.15, 0.2) is 5.82 Å². The molecule has 0 amide bonds. The molecule has 0 aliphatic heterocycles. The zero-order chi connectivity index (χ0) is 18.4. The molecule has 0 bridgehead atoms. The van der Waals surface area contributed by atoms with E-state index in [0.717, 1.165) is 5.69 Å². The number of anilines is 2. The number of rotatable bonds is 7. The Morgan fingerprint density at radius 2 is 1.73 bits per heavy atom. The molecule has 3 N–H and O–H groups in total. The van der Waals surface area contributed by atoms with Gasteiger partial charge in [-0.25, -0.2) is 9.48 Å². The molecule has 0 atom stereocenters. The summed E-state index contributed by atoms with van der Waals surface area (Å²) in [5, 5.41) is 13.6. The number of nitrogens with one attached hydrogen (secondary N) is 2. The third kappa shape index (κ3) is 3.77. The molecule has 8 heteroatoms. The highest BCUT2D eigenvalue weighted by atomic mass is 16.4. The molecule has 0 radical (unpaired) electrons. The molecular weight excluding hydrogens is 334 g/mol. The lowest BCUT2D eigenvalue weighted by Crippen LogP contribution is -2.10. The fourth-order valence-electron chi connectivity index (χ4n) is 2.43. The SMILES string of the molecule is O=C=Nc1c(NNc2ccccc2)nn(-c2ccccc2)c1CC(=O)O. The first-order valence-electron chi connectivity index (χ1n) is 7.73. The molecule has 8 nitrogen and oxygen atoms in total. The largest absolute Gasteiger partial charge is 0.481 e. The van der Waals surface area contributed by atoms with Crippen LogP contribution in [-0.4, -0.2) is 26.9 Å². The van der Waals surface area contributed by atoms with Gasteiger partial charge in [-0.3, -0.25) is 15.6 Å². The first-order chi connectivity index (χ1) is 12.7. The number of hydrogen-bond acceptors (Lipinski definition) is 6. The van der Waals surface area contributed by atoms with E-state index in [4.69, 9.17) is 0 Å². The lowest BCUT2D eigenvalue weighted by atomic mass is 10.2. The van der Waals surface area contributed by atoms with Crippen molar-refractivity contribution in [3.63, 3.8) is 0 Å². The number of hydrazine groups is 1. The number of nitrogens with zero attached hydrogens (tertiary/aromatic N) is 3. The number of aromatic nitrogens is 2. The van der Waals surface area contributed by atoms with Gasteiger partial charge in [-0.2, -0.15) is 4.99 Å². The predicted octanol–water partition coefficient (Wildman–Crippen LogP) is 2.91. The molecular formula is C18H15N5O3. The van der Waals surface area contributed by atoms with Crippen LogP contribution in [0, 0.1) is 0 Å². The number of hydrogen-bond donors (Lipinski definition) is 3. The molecule has 0 unspecified atom stereocenters. The van der Waals surface area contributed by atoms with Gasteiger partial charge < -0.3 is 5.11 Å². The number of aliphatic imine (C=N–C) groups is 1. The van der Waals surface area contributed by atoms with Gasteiger partial charge in [0.05, 0.1) is 23.5 Å². The van der Waals surface area contributed by atoms with Gasteiger partial charge in [0.2, 0.25) is 6.08 Å². The summed E-state index contributed by atoms with van der Waals surface area (Å²) >= 11 is 0. The molecule has 0 saturated carbocycles. The average molecular weight is 349 g/mol. The number of para-hydroxylation sites is 2. The highest BCUT2D eigenvalue weighted by Crippen LogP contribution is 2.31. The molecule has 3 rings (SSSR count). The zero-order valence-electron chi connectivity index (χ0n) is 13.6. The zero-order valence-corrected chi connectivity index (χ0v) is 13.6. The lowest BCUT2D eigenvalue weighted by Gasteiger charge is -2.07. The van der Waals surface area contributed by atoms with Gasteiger partial charge in [0.1, 0.15) is 5.69 Å². The van der Waals surface area contributed by atoms with Gasteiger partial charge in [0.25, 0.3) is 0 Å². The monoisotopic (exact) mass is 349 g/mol. The van der Waals surface area contributed by atoms with Crippen LogP contribution in [0.1, 0.15) is 5.69 Å². The van der Waals surface area contributed by atoms with E-state index in [1.54, 1.807) is 24.3 Å². The minimum Gasteiger partial charge on any atom is -0.481 e. The first kappa shape index (κ1) is 16.9. The maximum atomic E-state index is 11.3. The van der Waals surface area contributed by atoms with Gasteiger partial charge in [-0.15, -0.1) is 5.10 Å². The van der Waals surface area contributed by atoms with Crippen LogP contribution in [0.5, 0.6) is 0 Å². The average Bonchev–Trinajstić information content (AvgIpc) is 2.99. The van der Waals surface area contributed by atoms with Crippen molar-refractivity contribution in [2.75, 3.05) is 10.9 Å². The number of carbonyl (C=O) groups excluding carboxylic acids is 1. The second-order valence-electron chi connectivity index (χ2n) is 5.28. The van der Waals surface area contributed by atoms with Crippen molar-refractivity contribution >= 4 is 29.2 Å². The number of carboxylic acids is 1. The molecule has 2 aromatic carbocycles. The molecule has 0 aliphatic rings. The van der Waals surface area contributed by atoms with Crippen molar-refractivity contribution in [3.05, 3.63) is 66.4 Å². The second-order valence-corrected chi connectivity index (χ2v) is 5.28. The van der Waals surface area contributed by atoms with Crippen LogP contribution >= 0.6 is 0 Å². The van der Waals surface area contributed by atoms with E-state index in [0.29, 0.717) is 5.69 Å². The maximum absolute atomic E-state index is 11.3. The van der Waals surface area contributed by atoms with Crippen LogP contribution in [0.2, 0.25) is 0 Å². The maximum Gasteiger partial charge on any atom is 0.309 e. The van der Waals surface area contributed by atoms with Crippen molar-refractivity contribution in [3.8, 4) is 5.69 Å². The minimum absolute atomic E-state index is 0.120. The van der Waals surface area contributed by atoms with Crippen LogP contribution < -0.4 is 10.9 Å². The highest BCUT2D eigenvalue weighted by Gasteiger charge is 2.21. The third-order valence-corrected chi connectivity index (χ3v) is 3.53. The summed E-state index contributed by atoms with van der Waals surface area (Å²) in [6, 6.07) is 18.3. The smallest absolute Gasteiger partial charge is 0.309 e. The number of aliphatic carboxylic acids is 1. The Bertz CT molecular complexity index is 948. The summed E-state index contributed by atoms with van der Waals surface area (Å²) in [5.41, 5.74) is 7.62. The predicted molar refractivity (Wildman–Crippen MR) is 96.4 cm³/mol. The molecule has 1 aromatic heterocycles. The van der Waals surface area contributed by atoms with Crippen LogP contribution in [0.25, 0.3) is 5.69 Å². The summed E-state index contributed by atoms with van der Waals surface area (Å²) < 4.78 is 1.44. The van der Waals surface area contributed by atoms with Gasteiger partial charge in [0, 0.05) is 0 Å². The standard InChI is InChI=1S/C18H15N5O3/c24-12-19-17-15(11-16(25)26)23(14-9-5-2-6-10-14)22-18(17)21-20-13-7-3-1-4-8-13/h1-10,20H,11H2,(H,21,22)(H,25,26). The van der Waals surface area contributed by atoms with E-state index in [1.807, 2.05) is 36.4 Å². The molecule has 3 aromatic rings. The minimum atomic E-state index is -1.06. The number of carbonyl (C=O) groups is 1. The van der Waals surface area contributed by atoms with Crippen LogP contribution in [-0.2, 0) is 16.0 Å². The second kappa shape index (κ2) is 7.78. The third-order valence-electron chi connectivity index (χ3n) is 3.53. The summed E-state index contributed by atoms with van der Waals surface area (Å²) in [7, 11) is 0. The molecule has 0 spiro atoms. The summed E-state index contributed by atoms with van der Waals surface area (Å²) in [6.07, 6.45) is 1.11. The molecule has 0 saturated heterocycles. The van der Waals surface area contributed by atoms with Gasteiger partial charge >= 0.3 is 5.97 Å². The Hall–Kier alpha value is -3.90. The van der Waals surface area contributed by atoms with Crippen molar-refractivity contribution < 1.29 is 14.7 Å². The van der Waals surface area contributed by atoms with Crippen LogP contribution in [0.3, 0.4) is 0 Å². The molecule has 26 heavy (non-hydrogen) atoms. The Balaban J connectivity index is 2.04. The Morgan fingerprint density at radius 3 is 2.35 bits per heavy atom. The Morgan fingerprint density at radius 1 is 1.08 bits per heavy atom. The van der Waals surface area contributed by atoms with E-state index in [1.165, 1.54) is 10.8 Å². The van der Waals surface area contributed by atoms with Gasteiger partial charge in [-0.1, -0.05) is 36.4 Å². The normalized spacial score (nSPS) is 10.0. The van der Waals surface area contributed by atoms with E-state index >= 15 is 0 Å². The summed E-state index contributed by atoms with van der Waals surface area (Å²) in [4.78, 5) is 25.8. The first-order valence-corrected chi connectivity index (χ1v) is 7.73. The van der Waals surface area contributed by atoms with E-state index in [-0.39, 0.29) is 23.6 Å². The Labute approximate surface area is 148 Å². The molecule has 1 heterocycles. The van der Waals surface area contributed by atoms with Crippen molar-refractivity contribution in [1.29, 1.82) is 0 Å². The van der Waals surface area contributed by atoms with Crippen molar-refractivity contribution in [2.24, 2.45) is 4.99 Å². The molecule has 130 valence electrons. The fourth-order valence-corrected chi connectivity index (χ4v) is 2.43. The number of isocyanates is 1. The van der Waals surface area contributed by atoms with Crippen LogP contribution in [0.4, 0.5) is 17.2 Å². The number of carboxylic acid groups (broad SMARTS) is 1. The molecule has 0 fully saturated rings. The summed E-state index contributed by atoms with van der Waals surface area (Å²) in [6.45, 7) is 0. The van der Waals surface area contributed by atoms with Gasteiger partial charge in [-0.05, 0) is 24.3 Å². The fraction of sp³-hybridized carbons (Fsp3) is 0.0556. The van der Waals surface area contributed by atoms with Crippen LogP contribution in [0.15, 0.2) is 65.7 Å². The summed E-state index contributed by atoms with van der Waals surface area (Å²) in [5.74, 6) is -0.843. The van der Waals surface area contributed by atoms with Crippen molar-refractivity contribution in [2.45, 2.75) is 6.42 Å². The topological polar surface area (TPSA) is 109 Å². The number of benzene rings is 2. The van der Waals surface area contributed by atoms with E-state index < -0.39 is 5.97 Å². The quantitative estimate of drug-likeness (QED) is 0.344. The lowest BCUT2D eigenvalue weighted by molar-refractivity contribution is -0.136. The Kier molecular flexibility index (Phi) is 5.07.